The van der Waals surface area contributed by atoms with Crippen LogP contribution in [0.3, 0.4) is 0 Å². The van der Waals surface area contributed by atoms with Gasteiger partial charge in [0, 0.05) is 12.1 Å². The van der Waals surface area contributed by atoms with E-state index in [-0.39, 0.29) is 5.54 Å². The van der Waals surface area contributed by atoms with Gasteiger partial charge in [-0.3, -0.25) is 0 Å². The molecule has 0 unspecified atom stereocenters. The van der Waals surface area contributed by atoms with E-state index in [1.54, 1.807) is 0 Å². The fraction of sp³-hybridized carbons (Fsp3) is 0.909. The first-order valence-electron chi connectivity index (χ1n) is 5.49. The lowest BCUT2D eigenvalue weighted by Crippen LogP contribution is -2.49. The van der Waals surface area contributed by atoms with Crippen LogP contribution >= 0.6 is 12.2 Å². The Kier molecular flexibility index (Phi) is 6.09. The lowest BCUT2D eigenvalue weighted by molar-refractivity contribution is 0.386. The van der Waals surface area contributed by atoms with Gasteiger partial charge in [0.15, 0.2) is 5.11 Å². The van der Waals surface area contributed by atoms with E-state index in [2.05, 4.69) is 45.3 Å². The quantitative estimate of drug-likeness (QED) is 0.691. The summed E-state index contributed by atoms with van der Waals surface area (Å²) >= 11 is 5.23. The molecule has 0 bridgehead atoms. The zero-order valence-electron chi connectivity index (χ0n) is 10.1. The van der Waals surface area contributed by atoms with Gasteiger partial charge in [-0.05, 0) is 37.9 Å². The van der Waals surface area contributed by atoms with Crippen LogP contribution in [-0.2, 0) is 0 Å². The average Bonchev–Trinajstić information content (AvgIpc) is 2.14. The number of rotatable bonds is 5. The van der Waals surface area contributed by atoms with Gasteiger partial charge in [0.2, 0.25) is 0 Å². The van der Waals surface area contributed by atoms with Crippen LogP contribution in [0.15, 0.2) is 0 Å². The molecule has 0 aliphatic rings. The predicted octanol–water partition coefficient (Wildman–Crippen LogP) is 2.69. The van der Waals surface area contributed by atoms with E-state index in [9.17, 15) is 0 Å². The fourth-order valence-corrected chi connectivity index (χ4v) is 1.37. The molecule has 0 saturated heterocycles. The molecule has 0 fully saturated rings. The van der Waals surface area contributed by atoms with Crippen molar-refractivity contribution in [3.8, 4) is 0 Å². The molecule has 2 N–H and O–H groups in total. The van der Waals surface area contributed by atoms with Gasteiger partial charge in [-0.25, -0.2) is 0 Å². The molecule has 0 aliphatic heterocycles. The van der Waals surface area contributed by atoms with E-state index in [0.29, 0.717) is 5.92 Å². The molecule has 0 radical (unpaired) electrons. The Morgan fingerprint density at radius 2 is 1.79 bits per heavy atom. The third kappa shape index (κ3) is 5.43. The van der Waals surface area contributed by atoms with Crippen molar-refractivity contribution in [1.82, 2.24) is 10.6 Å². The third-order valence-corrected chi connectivity index (χ3v) is 2.89. The van der Waals surface area contributed by atoms with Crippen LogP contribution in [0.25, 0.3) is 0 Å². The van der Waals surface area contributed by atoms with Crippen molar-refractivity contribution < 1.29 is 0 Å². The minimum absolute atomic E-state index is 0.140. The zero-order valence-corrected chi connectivity index (χ0v) is 10.9. The summed E-state index contributed by atoms with van der Waals surface area (Å²) in [6.45, 7) is 11.9. The lowest BCUT2D eigenvalue weighted by Gasteiger charge is -2.30. The highest BCUT2D eigenvalue weighted by molar-refractivity contribution is 7.80. The molecule has 14 heavy (non-hydrogen) atoms. The SMILES string of the molecule is CCC(C)(CC)NC(=S)NCC(C)C. The van der Waals surface area contributed by atoms with E-state index in [0.717, 1.165) is 24.5 Å². The Hall–Kier alpha value is -0.310. The molecule has 3 heteroatoms. The molecule has 0 aliphatic carbocycles. The second kappa shape index (κ2) is 6.23. The third-order valence-electron chi connectivity index (χ3n) is 2.65. The van der Waals surface area contributed by atoms with Crippen molar-refractivity contribution in [1.29, 1.82) is 0 Å². The molecular weight excluding hydrogens is 192 g/mol. The standard InChI is InChI=1S/C11H24N2S/c1-6-11(5,7-2)13-10(14)12-8-9(3)4/h9H,6-8H2,1-5H3,(H2,12,13,14). The van der Waals surface area contributed by atoms with Crippen molar-refractivity contribution in [3.05, 3.63) is 0 Å². The van der Waals surface area contributed by atoms with E-state index < -0.39 is 0 Å². The molecule has 2 nitrogen and oxygen atoms in total. The minimum Gasteiger partial charge on any atom is -0.362 e. The minimum atomic E-state index is 0.140. The topological polar surface area (TPSA) is 24.1 Å². The van der Waals surface area contributed by atoms with Gasteiger partial charge in [0.25, 0.3) is 0 Å². The number of hydrogen-bond acceptors (Lipinski definition) is 1. The number of hydrogen-bond donors (Lipinski definition) is 2. The molecule has 0 heterocycles. The normalized spacial score (nSPS) is 11.6. The highest BCUT2D eigenvalue weighted by Crippen LogP contribution is 2.12. The summed E-state index contributed by atoms with van der Waals surface area (Å²) in [7, 11) is 0. The first-order valence-corrected chi connectivity index (χ1v) is 5.90. The van der Waals surface area contributed by atoms with Gasteiger partial charge < -0.3 is 10.6 Å². The van der Waals surface area contributed by atoms with Crippen molar-refractivity contribution in [3.63, 3.8) is 0 Å². The number of nitrogens with one attached hydrogen (secondary N) is 2. The molecule has 84 valence electrons. The molecule has 0 aromatic heterocycles. The first kappa shape index (κ1) is 13.7. The van der Waals surface area contributed by atoms with E-state index in [1.807, 2.05) is 0 Å². The fourth-order valence-electron chi connectivity index (χ4n) is 1.04. The van der Waals surface area contributed by atoms with Crippen LogP contribution in [0.4, 0.5) is 0 Å². The largest absolute Gasteiger partial charge is 0.362 e. The van der Waals surface area contributed by atoms with Crippen LogP contribution in [0.1, 0.15) is 47.5 Å². The van der Waals surface area contributed by atoms with E-state index in [4.69, 9.17) is 12.2 Å². The van der Waals surface area contributed by atoms with Crippen molar-refractivity contribution in [2.45, 2.75) is 53.0 Å². The van der Waals surface area contributed by atoms with Crippen molar-refractivity contribution in [2.75, 3.05) is 6.54 Å². The highest BCUT2D eigenvalue weighted by atomic mass is 32.1. The summed E-state index contributed by atoms with van der Waals surface area (Å²) in [4.78, 5) is 0. The Labute approximate surface area is 93.8 Å². The first-order chi connectivity index (χ1) is 6.43. The van der Waals surface area contributed by atoms with Gasteiger partial charge in [-0.2, -0.15) is 0 Å². The van der Waals surface area contributed by atoms with Crippen molar-refractivity contribution >= 4 is 17.3 Å². The van der Waals surface area contributed by atoms with Crippen molar-refractivity contribution in [2.24, 2.45) is 5.92 Å². The Morgan fingerprint density at radius 3 is 2.14 bits per heavy atom. The van der Waals surface area contributed by atoms with Crippen LogP contribution in [0.5, 0.6) is 0 Å². The van der Waals surface area contributed by atoms with Gasteiger partial charge in [0.05, 0.1) is 0 Å². The maximum atomic E-state index is 5.23. The zero-order chi connectivity index (χ0) is 11.2. The molecular formula is C11H24N2S. The molecule has 0 amide bonds. The molecule has 0 spiro atoms. The average molecular weight is 216 g/mol. The monoisotopic (exact) mass is 216 g/mol. The molecule has 0 saturated carbocycles. The molecule has 0 rings (SSSR count). The van der Waals surface area contributed by atoms with E-state index in [1.165, 1.54) is 0 Å². The smallest absolute Gasteiger partial charge is 0.166 e. The Morgan fingerprint density at radius 1 is 1.29 bits per heavy atom. The summed E-state index contributed by atoms with van der Waals surface area (Å²) in [6, 6.07) is 0. The summed E-state index contributed by atoms with van der Waals surface area (Å²) in [5, 5.41) is 7.38. The summed E-state index contributed by atoms with van der Waals surface area (Å²) in [5.74, 6) is 0.629. The summed E-state index contributed by atoms with van der Waals surface area (Å²) < 4.78 is 0. The maximum Gasteiger partial charge on any atom is 0.166 e. The van der Waals surface area contributed by atoms with Crippen LogP contribution in [0.2, 0.25) is 0 Å². The highest BCUT2D eigenvalue weighted by Gasteiger charge is 2.19. The van der Waals surface area contributed by atoms with Crippen LogP contribution < -0.4 is 10.6 Å². The molecule has 0 atom stereocenters. The van der Waals surface area contributed by atoms with Gasteiger partial charge >= 0.3 is 0 Å². The predicted molar refractivity (Wildman–Crippen MR) is 67.6 cm³/mol. The van der Waals surface area contributed by atoms with Gasteiger partial charge in [-0.1, -0.05) is 27.7 Å². The number of thiocarbonyl (C=S) groups is 1. The summed E-state index contributed by atoms with van der Waals surface area (Å²) in [5.41, 5.74) is 0.140. The van der Waals surface area contributed by atoms with Gasteiger partial charge in [-0.15, -0.1) is 0 Å². The Bertz CT molecular complexity index is 174. The lowest BCUT2D eigenvalue weighted by atomic mass is 9.96. The molecule has 0 aromatic rings. The second-order valence-electron chi connectivity index (χ2n) is 4.50. The summed E-state index contributed by atoms with van der Waals surface area (Å²) in [6.07, 6.45) is 2.18. The van der Waals surface area contributed by atoms with E-state index >= 15 is 0 Å². The Balaban J connectivity index is 3.92. The maximum absolute atomic E-state index is 5.23. The second-order valence-corrected chi connectivity index (χ2v) is 4.90. The van der Waals surface area contributed by atoms with Gasteiger partial charge in [0.1, 0.15) is 0 Å². The van der Waals surface area contributed by atoms with Crippen LogP contribution in [0, 0.1) is 5.92 Å². The molecule has 0 aromatic carbocycles. The van der Waals surface area contributed by atoms with Crippen LogP contribution in [-0.4, -0.2) is 17.2 Å².